The molecule has 0 unspecified atom stereocenters. The summed E-state index contributed by atoms with van der Waals surface area (Å²) in [5.41, 5.74) is 7.67. The molecule has 0 atom stereocenters. The van der Waals surface area contributed by atoms with E-state index in [1.807, 2.05) is 13.0 Å². The Bertz CT molecular complexity index is 289. The summed E-state index contributed by atoms with van der Waals surface area (Å²) >= 11 is 0. The molecule has 0 bridgehead atoms. The number of rotatable bonds is 5. The van der Waals surface area contributed by atoms with Crippen LogP contribution in [0.2, 0.25) is 0 Å². The Labute approximate surface area is 84.0 Å². The first-order valence-electron chi connectivity index (χ1n) is 4.56. The third-order valence-electron chi connectivity index (χ3n) is 1.98. The lowest BCUT2D eigenvalue weighted by Crippen LogP contribution is -2.10. The smallest absolute Gasteiger partial charge is 0.218 e. The standard InChI is InChI=1S/C10H16N2O2/c1-8-3-4-12-10(9(8)7-11)14-6-5-13-2/h3-4H,5-7,11H2,1-2H3. The van der Waals surface area contributed by atoms with Crippen LogP contribution < -0.4 is 10.5 Å². The zero-order valence-electron chi connectivity index (χ0n) is 8.62. The van der Waals surface area contributed by atoms with Crippen molar-refractivity contribution >= 4 is 0 Å². The molecule has 14 heavy (non-hydrogen) atoms. The largest absolute Gasteiger partial charge is 0.475 e. The first kappa shape index (κ1) is 10.9. The van der Waals surface area contributed by atoms with Gasteiger partial charge in [-0.1, -0.05) is 0 Å². The first-order chi connectivity index (χ1) is 6.79. The average molecular weight is 196 g/mol. The summed E-state index contributed by atoms with van der Waals surface area (Å²) in [6, 6.07) is 1.92. The van der Waals surface area contributed by atoms with Gasteiger partial charge in [-0.15, -0.1) is 0 Å². The Kier molecular flexibility index (Phi) is 4.35. The van der Waals surface area contributed by atoms with Crippen LogP contribution in [0, 0.1) is 6.92 Å². The Balaban J connectivity index is 2.70. The molecule has 0 aliphatic carbocycles. The maximum absolute atomic E-state index is 5.60. The normalized spacial score (nSPS) is 10.2. The number of hydrogen-bond acceptors (Lipinski definition) is 4. The molecule has 4 nitrogen and oxygen atoms in total. The van der Waals surface area contributed by atoms with Crippen molar-refractivity contribution in [2.24, 2.45) is 5.73 Å². The van der Waals surface area contributed by atoms with Gasteiger partial charge in [-0.3, -0.25) is 0 Å². The number of methoxy groups -OCH3 is 1. The highest BCUT2D eigenvalue weighted by atomic mass is 16.5. The Morgan fingerprint density at radius 1 is 1.43 bits per heavy atom. The minimum Gasteiger partial charge on any atom is -0.475 e. The lowest BCUT2D eigenvalue weighted by molar-refractivity contribution is 0.143. The lowest BCUT2D eigenvalue weighted by Gasteiger charge is -2.10. The van der Waals surface area contributed by atoms with E-state index in [4.69, 9.17) is 15.2 Å². The second-order valence-electron chi connectivity index (χ2n) is 2.96. The van der Waals surface area contributed by atoms with Gasteiger partial charge in [0.2, 0.25) is 5.88 Å². The Morgan fingerprint density at radius 3 is 2.86 bits per heavy atom. The van der Waals surface area contributed by atoms with Gasteiger partial charge in [0, 0.05) is 25.4 Å². The van der Waals surface area contributed by atoms with Gasteiger partial charge in [-0.2, -0.15) is 0 Å². The number of nitrogens with zero attached hydrogens (tertiary/aromatic N) is 1. The third-order valence-corrected chi connectivity index (χ3v) is 1.98. The van der Waals surface area contributed by atoms with E-state index in [0.29, 0.717) is 25.6 Å². The number of hydrogen-bond donors (Lipinski definition) is 1. The molecule has 0 fully saturated rings. The number of pyridine rings is 1. The van der Waals surface area contributed by atoms with Gasteiger partial charge in [0.15, 0.2) is 0 Å². The summed E-state index contributed by atoms with van der Waals surface area (Å²) in [7, 11) is 1.64. The van der Waals surface area contributed by atoms with E-state index < -0.39 is 0 Å². The predicted octanol–water partition coefficient (Wildman–Crippen LogP) is 0.874. The van der Waals surface area contributed by atoms with Crippen LogP contribution in [0.15, 0.2) is 12.3 Å². The highest BCUT2D eigenvalue weighted by Gasteiger charge is 2.05. The highest BCUT2D eigenvalue weighted by Crippen LogP contribution is 2.17. The molecule has 0 aliphatic rings. The monoisotopic (exact) mass is 196 g/mol. The number of nitrogens with two attached hydrogens (primary N) is 1. The van der Waals surface area contributed by atoms with E-state index in [2.05, 4.69) is 4.98 Å². The number of ether oxygens (including phenoxy) is 2. The molecule has 1 heterocycles. The molecule has 0 saturated heterocycles. The molecule has 0 aliphatic heterocycles. The van der Waals surface area contributed by atoms with Crippen LogP contribution in [0.4, 0.5) is 0 Å². The van der Waals surface area contributed by atoms with E-state index >= 15 is 0 Å². The topological polar surface area (TPSA) is 57.4 Å². The number of aromatic nitrogens is 1. The summed E-state index contributed by atoms with van der Waals surface area (Å²) in [6.07, 6.45) is 1.72. The fraction of sp³-hybridized carbons (Fsp3) is 0.500. The molecular weight excluding hydrogens is 180 g/mol. The molecular formula is C10H16N2O2. The molecule has 0 amide bonds. The van der Waals surface area contributed by atoms with Crippen molar-refractivity contribution in [2.45, 2.75) is 13.5 Å². The summed E-state index contributed by atoms with van der Waals surface area (Å²) in [4.78, 5) is 4.12. The molecule has 1 aromatic rings. The van der Waals surface area contributed by atoms with Crippen molar-refractivity contribution in [3.05, 3.63) is 23.4 Å². The molecule has 0 spiro atoms. The van der Waals surface area contributed by atoms with E-state index in [1.54, 1.807) is 13.3 Å². The molecule has 2 N–H and O–H groups in total. The summed E-state index contributed by atoms with van der Waals surface area (Å²) in [5.74, 6) is 0.615. The first-order valence-corrected chi connectivity index (χ1v) is 4.56. The van der Waals surface area contributed by atoms with E-state index in [0.717, 1.165) is 11.1 Å². The fourth-order valence-corrected chi connectivity index (χ4v) is 1.16. The highest BCUT2D eigenvalue weighted by molar-refractivity contribution is 5.33. The Morgan fingerprint density at radius 2 is 2.21 bits per heavy atom. The maximum Gasteiger partial charge on any atom is 0.218 e. The summed E-state index contributed by atoms with van der Waals surface area (Å²) in [6.45, 7) is 3.49. The van der Waals surface area contributed by atoms with Crippen LogP contribution in [-0.2, 0) is 11.3 Å². The van der Waals surface area contributed by atoms with Crippen molar-refractivity contribution < 1.29 is 9.47 Å². The van der Waals surface area contributed by atoms with Crippen LogP contribution in [0.1, 0.15) is 11.1 Å². The fourth-order valence-electron chi connectivity index (χ4n) is 1.16. The van der Waals surface area contributed by atoms with Crippen molar-refractivity contribution in [1.29, 1.82) is 0 Å². The maximum atomic E-state index is 5.60. The van der Waals surface area contributed by atoms with E-state index in [-0.39, 0.29) is 0 Å². The second kappa shape index (κ2) is 5.57. The van der Waals surface area contributed by atoms with Crippen LogP contribution in [-0.4, -0.2) is 25.3 Å². The molecule has 1 aromatic heterocycles. The zero-order valence-corrected chi connectivity index (χ0v) is 8.62. The summed E-state index contributed by atoms with van der Waals surface area (Å²) in [5, 5.41) is 0. The van der Waals surface area contributed by atoms with Crippen LogP contribution >= 0.6 is 0 Å². The van der Waals surface area contributed by atoms with Gasteiger partial charge >= 0.3 is 0 Å². The average Bonchev–Trinajstić information content (AvgIpc) is 2.18. The number of aryl methyl sites for hydroxylation is 1. The van der Waals surface area contributed by atoms with Gasteiger partial charge in [-0.25, -0.2) is 4.98 Å². The molecule has 4 heteroatoms. The molecule has 0 saturated carbocycles. The third kappa shape index (κ3) is 2.68. The Hall–Kier alpha value is -1.13. The molecule has 0 aromatic carbocycles. The molecule has 78 valence electrons. The summed E-state index contributed by atoms with van der Waals surface area (Å²) < 4.78 is 10.3. The van der Waals surface area contributed by atoms with Crippen LogP contribution in [0.3, 0.4) is 0 Å². The zero-order chi connectivity index (χ0) is 10.4. The quantitative estimate of drug-likeness (QED) is 0.710. The van der Waals surface area contributed by atoms with Gasteiger partial charge in [-0.05, 0) is 18.6 Å². The minimum absolute atomic E-state index is 0.446. The minimum atomic E-state index is 0.446. The van der Waals surface area contributed by atoms with Crippen molar-refractivity contribution in [3.8, 4) is 5.88 Å². The predicted molar refractivity (Wildman–Crippen MR) is 54.2 cm³/mol. The van der Waals surface area contributed by atoms with Crippen molar-refractivity contribution in [2.75, 3.05) is 20.3 Å². The van der Waals surface area contributed by atoms with Crippen molar-refractivity contribution in [3.63, 3.8) is 0 Å². The van der Waals surface area contributed by atoms with Gasteiger partial charge in [0.05, 0.1) is 6.61 Å². The molecule has 1 rings (SSSR count). The van der Waals surface area contributed by atoms with Gasteiger partial charge < -0.3 is 15.2 Å². The lowest BCUT2D eigenvalue weighted by atomic mass is 10.1. The van der Waals surface area contributed by atoms with Crippen LogP contribution in [0.5, 0.6) is 5.88 Å². The second-order valence-corrected chi connectivity index (χ2v) is 2.96. The van der Waals surface area contributed by atoms with Gasteiger partial charge in [0.1, 0.15) is 6.61 Å². The molecule has 0 radical (unpaired) electrons. The van der Waals surface area contributed by atoms with Crippen molar-refractivity contribution in [1.82, 2.24) is 4.98 Å². The van der Waals surface area contributed by atoms with Gasteiger partial charge in [0.25, 0.3) is 0 Å². The van der Waals surface area contributed by atoms with E-state index in [9.17, 15) is 0 Å². The van der Waals surface area contributed by atoms with E-state index in [1.165, 1.54) is 0 Å². The van der Waals surface area contributed by atoms with Crippen LogP contribution in [0.25, 0.3) is 0 Å². The SMILES string of the molecule is COCCOc1nccc(C)c1CN.